The predicted molar refractivity (Wildman–Crippen MR) is 71.4 cm³/mol. The second-order valence-electron chi connectivity index (χ2n) is 4.72. The van der Waals surface area contributed by atoms with Gasteiger partial charge in [0.25, 0.3) is 0 Å². The van der Waals surface area contributed by atoms with Crippen molar-refractivity contribution in [2.45, 2.75) is 33.7 Å². The van der Waals surface area contributed by atoms with Crippen molar-refractivity contribution in [3.63, 3.8) is 0 Å². The summed E-state index contributed by atoms with van der Waals surface area (Å²) < 4.78 is 19.2. The van der Waals surface area contributed by atoms with E-state index in [2.05, 4.69) is 5.32 Å². The fourth-order valence-corrected chi connectivity index (χ4v) is 2.13. The van der Waals surface area contributed by atoms with Gasteiger partial charge in [-0.15, -0.1) is 0 Å². The van der Waals surface area contributed by atoms with Gasteiger partial charge in [-0.2, -0.15) is 0 Å². The molecule has 0 saturated heterocycles. The van der Waals surface area contributed by atoms with Crippen molar-refractivity contribution < 1.29 is 8.81 Å². The predicted octanol–water partition coefficient (Wildman–Crippen LogP) is 4.52. The zero-order valence-electron chi connectivity index (χ0n) is 11.2. The zero-order valence-corrected chi connectivity index (χ0v) is 11.2. The highest BCUT2D eigenvalue weighted by atomic mass is 19.1. The molecule has 2 nitrogen and oxygen atoms in total. The van der Waals surface area contributed by atoms with E-state index in [-0.39, 0.29) is 11.9 Å². The highest BCUT2D eigenvalue weighted by molar-refractivity contribution is 5.48. The summed E-state index contributed by atoms with van der Waals surface area (Å²) >= 11 is 0. The fourth-order valence-electron chi connectivity index (χ4n) is 2.13. The molecule has 0 fully saturated rings. The van der Waals surface area contributed by atoms with Crippen molar-refractivity contribution in [2.75, 3.05) is 5.32 Å². The summed E-state index contributed by atoms with van der Waals surface area (Å²) in [5.74, 6) is 1.53. The molecule has 1 heterocycles. The fraction of sp³-hybridized carbons (Fsp3) is 0.333. The molecular weight excluding hydrogens is 229 g/mol. The van der Waals surface area contributed by atoms with Gasteiger partial charge in [0.05, 0.1) is 11.7 Å². The van der Waals surface area contributed by atoms with Crippen LogP contribution in [0.15, 0.2) is 28.7 Å². The number of nitrogens with one attached hydrogen (secondary N) is 1. The van der Waals surface area contributed by atoms with Gasteiger partial charge in [-0.05, 0) is 51.5 Å². The van der Waals surface area contributed by atoms with E-state index in [9.17, 15) is 4.39 Å². The molecule has 3 heteroatoms. The molecule has 1 aromatic carbocycles. The zero-order chi connectivity index (χ0) is 13.3. The maximum atomic E-state index is 13.7. The lowest BCUT2D eigenvalue weighted by Gasteiger charge is -2.15. The van der Waals surface area contributed by atoms with Crippen LogP contribution in [0.2, 0.25) is 0 Å². The van der Waals surface area contributed by atoms with Crippen LogP contribution < -0.4 is 5.32 Å². The van der Waals surface area contributed by atoms with Crippen LogP contribution in [0.25, 0.3) is 0 Å². The maximum Gasteiger partial charge on any atom is 0.146 e. The molecule has 0 aliphatic rings. The Morgan fingerprint density at radius 2 is 1.89 bits per heavy atom. The minimum Gasteiger partial charge on any atom is -0.466 e. The summed E-state index contributed by atoms with van der Waals surface area (Å²) in [7, 11) is 0. The molecule has 0 bridgehead atoms. The summed E-state index contributed by atoms with van der Waals surface area (Å²) in [6.07, 6.45) is 0. The lowest BCUT2D eigenvalue weighted by molar-refractivity contribution is 0.499. The van der Waals surface area contributed by atoms with Gasteiger partial charge in [-0.3, -0.25) is 0 Å². The van der Waals surface area contributed by atoms with E-state index in [4.69, 9.17) is 4.42 Å². The molecule has 1 unspecified atom stereocenters. The molecule has 1 atom stereocenters. The number of hydrogen-bond acceptors (Lipinski definition) is 2. The third kappa shape index (κ3) is 2.55. The van der Waals surface area contributed by atoms with Crippen molar-refractivity contribution in [2.24, 2.45) is 0 Å². The van der Waals surface area contributed by atoms with E-state index >= 15 is 0 Å². The SMILES string of the molecule is Cc1ccc(NC(C)c2cc(C)oc2C)c(F)c1. The molecule has 0 aliphatic carbocycles. The number of hydrogen-bond donors (Lipinski definition) is 1. The van der Waals surface area contributed by atoms with Crippen LogP contribution in [0.3, 0.4) is 0 Å². The third-order valence-electron chi connectivity index (χ3n) is 3.04. The second kappa shape index (κ2) is 4.84. The van der Waals surface area contributed by atoms with E-state index < -0.39 is 0 Å². The number of halogens is 1. The molecule has 0 aliphatic heterocycles. The van der Waals surface area contributed by atoms with Crippen LogP contribution >= 0.6 is 0 Å². The Labute approximate surface area is 107 Å². The highest BCUT2D eigenvalue weighted by Gasteiger charge is 2.14. The van der Waals surface area contributed by atoms with Gasteiger partial charge in [0.1, 0.15) is 17.3 Å². The van der Waals surface area contributed by atoms with Gasteiger partial charge < -0.3 is 9.73 Å². The standard InChI is InChI=1S/C15H18FNO/c1-9-5-6-15(14(16)7-9)17-11(3)13-8-10(2)18-12(13)4/h5-8,11,17H,1-4H3. The topological polar surface area (TPSA) is 25.2 Å². The monoisotopic (exact) mass is 247 g/mol. The number of rotatable bonds is 3. The Hall–Kier alpha value is -1.77. The van der Waals surface area contributed by atoms with Crippen LogP contribution in [-0.4, -0.2) is 0 Å². The van der Waals surface area contributed by atoms with E-state index in [1.54, 1.807) is 6.07 Å². The Bertz CT molecular complexity index is 560. The van der Waals surface area contributed by atoms with E-state index in [1.807, 2.05) is 39.8 Å². The summed E-state index contributed by atoms with van der Waals surface area (Å²) in [6, 6.07) is 7.19. The Morgan fingerprint density at radius 3 is 2.44 bits per heavy atom. The van der Waals surface area contributed by atoms with Crippen molar-refractivity contribution >= 4 is 5.69 Å². The van der Waals surface area contributed by atoms with Gasteiger partial charge in [-0.1, -0.05) is 6.07 Å². The summed E-state index contributed by atoms with van der Waals surface area (Å²) in [6.45, 7) is 7.71. The van der Waals surface area contributed by atoms with E-state index in [1.165, 1.54) is 6.07 Å². The molecule has 96 valence electrons. The first kappa shape index (κ1) is 12.7. The van der Waals surface area contributed by atoms with Gasteiger partial charge in [0, 0.05) is 5.56 Å². The molecule has 18 heavy (non-hydrogen) atoms. The lowest BCUT2D eigenvalue weighted by Crippen LogP contribution is -2.08. The number of furan rings is 1. The van der Waals surface area contributed by atoms with Crippen molar-refractivity contribution in [1.82, 2.24) is 0 Å². The first-order valence-corrected chi connectivity index (χ1v) is 6.07. The Kier molecular flexibility index (Phi) is 3.41. The average Bonchev–Trinajstić information content (AvgIpc) is 2.62. The lowest BCUT2D eigenvalue weighted by atomic mass is 10.1. The summed E-state index contributed by atoms with van der Waals surface area (Å²) in [5.41, 5.74) is 2.50. The van der Waals surface area contributed by atoms with Crippen molar-refractivity contribution in [3.8, 4) is 0 Å². The normalized spacial score (nSPS) is 12.5. The molecule has 0 spiro atoms. The molecule has 2 rings (SSSR count). The summed E-state index contributed by atoms with van der Waals surface area (Å²) in [4.78, 5) is 0. The van der Waals surface area contributed by atoms with Gasteiger partial charge in [0.15, 0.2) is 0 Å². The molecule has 0 saturated carbocycles. The largest absolute Gasteiger partial charge is 0.466 e. The highest BCUT2D eigenvalue weighted by Crippen LogP contribution is 2.26. The number of aryl methyl sites for hydroxylation is 3. The molecule has 1 N–H and O–H groups in total. The second-order valence-corrected chi connectivity index (χ2v) is 4.72. The average molecular weight is 247 g/mol. The quantitative estimate of drug-likeness (QED) is 0.862. The molecular formula is C15H18FNO. The molecule has 0 radical (unpaired) electrons. The van der Waals surface area contributed by atoms with Gasteiger partial charge >= 0.3 is 0 Å². The van der Waals surface area contributed by atoms with E-state index in [0.717, 1.165) is 22.6 Å². The third-order valence-corrected chi connectivity index (χ3v) is 3.04. The van der Waals surface area contributed by atoms with Crippen LogP contribution in [0, 0.1) is 26.6 Å². The number of anilines is 1. The van der Waals surface area contributed by atoms with Crippen LogP contribution in [-0.2, 0) is 0 Å². The molecule has 1 aromatic heterocycles. The minimum absolute atomic E-state index is 0.0136. The Balaban J connectivity index is 2.21. The van der Waals surface area contributed by atoms with Gasteiger partial charge in [0.2, 0.25) is 0 Å². The number of benzene rings is 1. The summed E-state index contributed by atoms with van der Waals surface area (Å²) in [5, 5.41) is 3.17. The Morgan fingerprint density at radius 1 is 1.17 bits per heavy atom. The molecule has 0 amide bonds. The maximum absolute atomic E-state index is 13.7. The van der Waals surface area contributed by atoms with Crippen LogP contribution in [0.5, 0.6) is 0 Å². The van der Waals surface area contributed by atoms with E-state index in [0.29, 0.717) is 5.69 Å². The van der Waals surface area contributed by atoms with Gasteiger partial charge in [-0.25, -0.2) is 4.39 Å². The molecule has 2 aromatic rings. The van der Waals surface area contributed by atoms with Crippen LogP contribution in [0.1, 0.15) is 35.6 Å². The van der Waals surface area contributed by atoms with Crippen molar-refractivity contribution in [1.29, 1.82) is 0 Å². The first-order chi connectivity index (χ1) is 8.47. The smallest absolute Gasteiger partial charge is 0.146 e. The van der Waals surface area contributed by atoms with Crippen molar-refractivity contribution in [3.05, 3.63) is 52.7 Å². The first-order valence-electron chi connectivity index (χ1n) is 6.07. The minimum atomic E-state index is -0.222. The van der Waals surface area contributed by atoms with Crippen LogP contribution in [0.4, 0.5) is 10.1 Å².